The van der Waals surface area contributed by atoms with Crippen molar-refractivity contribution in [3.8, 4) is 0 Å². The maximum Gasteiger partial charge on any atom is 0.155 e. The van der Waals surface area contributed by atoms with Gasteiger partial charge in [-0.2, -0.15) is 0 Å². The second-order valence-corrected chi connectivity index (χ2v) is 6.25. The van der Waals surface area contributed by atoms with Crippen LogP contribution in [0.1, 0.15) is 44.9 Å². The van der Waals surface area contributed by atoms with Crippen LogP contribution in [-0.2, 0) is 14.3 Å². The van der Waals surface area contributed by atoms with E-state index in [2.05, 4.69) is 0 Å². The van der Waals surface area contributed by atoms with E-state index in [4.69, 9.17) is 15.2 Å². The lowest BCUT2D eigenvalue weighted by atomic mass is 9.76. The molecule has 2 N–H and O–H groups in total. The van der Waals surface area contributed by atoms with Gasteiger partial charge in [0.15, 0.2) is 5.78 Å². The maximum atomic E-state index is 12.6. The first-order chi connectivity index (χ1) is 8.64. The molecule has 2 heterocycles. The molecule has 2 aliphatic heterocycles. The number of ether oxygens (including phenoxy) is 2. The zero-order valence-electron chi connectivity index (χ0n) is 11.0. The molecule has 3 fully saturated rings. The van der Waals surface area contributed by atoms with Crippen molar-refractivity contribution in [1.29, 1.82) is 0 Å². The molecular weight excluding hydrogens is 230 g/mol. The van der Waals surface area contributed by atoms with Crippen molar-refractivity contribution >= 4 is 5.78 Å². The van der Waals surface area contributed by atoms with Gasteiger partial charge in [0.1, 0.15) is 0 Å². The van der Waals surface area contributed by atoms with Gasteiger partial charge in [-0.3, -0.25) is 4.79 Å². The molecule has 1 aliphatic carbocycles. The van der Waals surface area contributed by atoms with Gasteiger partial charge in [-0.25, -0.2) is 0 Å². The molecule has 1 spiro atoms. The SMILES string of the molecule is NC1(C(=O)C2CCOC3(CCOC3)C2)CCCC1. The van der Waals surface area contributed by atoms with Gasteiger partial charge >= 0.3 is 0 Å². The molecule has 102 valence electrons. The first kappa shape index (κ1) is 12.6. The summed E-state index contributed by atoms with van der Waals surface area (Å²) in [5.41, 5.74) is 5.57. The smallest absolute Gasteiger partial charge is 0.155 e. The molecule has 2 atom stereocenters. The highest BCUT2D eigenvalue weighted by Crippen LogP contribution is 2.39. The van der Waals surface area contributed by atoms with Gasteiger partial charge in [0.25, 0.3) is 0 Å². The number of ketones is 1. The van der Waals surface area contributed by atoms with E-state index in [1.165, 1.54) is 0 Å². The molecule has 0 aromatic carbocycles. The monoisotopic (exact) mass is 253 g/mol. The summed E-state index contributed by atoms with van der Waals surface area (Å²) in [6.45, 7) is 2.08. The summed E-state index contributed by atoms with van der Waals surface area (Å²) in [7, 11) is 0. The van der Waals surface area contributed by atoms with Crippen molar-refractivity contribution in [2.24, 2.45) is 11.7 Å². The van der Waals surface area contributed by atoms with E-state index in [0.717, 1.165) is 51.6 Å². The topological polar surface area (TPSA) is 61.6 Å². The summed E-state index contributed by atoms with van der Waals surface area (Å²) in [5.74, 6) is 0.373. The molecule has 0 amide bonds. The van der Waals surface area contributed by atoms with E-state index >= 15 is 0 Å². The normalized spacial score (nSPS) is 39.3. The highest BCUT2D eigenvalue weighted by atomic mass is 16.6. The predicted octanol–water partition coefficient (Wildman–Crippen LogP) is 1.41. The molecule has 18 heavy (non-hydrogen) atoms. The van der Waals surface area contributed by atoms with E-state index in [0.29, 0.717) is 13.2 Å². The van der Waals surface area contributed by atoms with E-state index < -0.39 is 5.54 Å². The third-order valence-corrected chi connectivity index (χ3v) is 4.92. The van der Waals surface area contributed by atoms with Crippen LogP contribution in [0.25, 0.3) is 0 Å². The Hall–Kier alpha value is -0.450. The summed E-state index contributed by atoms with van der Waals surface area (Å²) in [4.78, 5) is 12.6. The Morgan fingerprint density at radius 1 is 1.17 bits per heavy atom. The molecule has 2 unspecified atom stereocenters. The molecule has 0 bridgehead atoms. The quantitative estimate of drug-likeness (QED) is 0.808. The van der Waals surface area contributed by atoms with Gasteiger partial charge in [-0.1, -0.05) is 12.8 Å². The van der Waals surface area contributed by atoms with Crippen molar-refractivity contribution < 1.29 is 14.3 Å². The number of carbonyl (C=O) groups is 1. The molecule has 2 saturated heterocycles. The molecule has 0 aromatic heterocycles. The summed E-state index contributed by atoms with van der Waals surface area (Å²) >= 11 is 0. The van der Waals surface area contributed by atoms with Gasteiger partial charge in [-0.15, -0.1) is 0 Å². The van der Waals surface area contributed by atoms with E-state index in [1.54, 1.807) is 0 Å². The summed E-state index contributed by atoms with van der Waals surface area (Å²) in [6.07, 6.45) is 6.50. The van der Waals surface area contributed by atoms with Crippen LogP contribution in [0.4, 0.5) is 0 Å². The number of carbonyl (C=O) groups excluding carboxylic acids is 1. The highest BCUT2D eigenvalue weighted by molar-refractivity contribution is 5.90. The average molecular weight is 253 g/mol. The summed E-state index contributed by atoms with van der Waals surface area (Å²) in [5, 5.41) is 0. The van der Waals surface area contributed by atoms with Crippen LogP contribution in [-0.4, -0.2) is 36.7 Å². The van der Waals surface area contributed by atoms with Crippen molar-refractivity contribution in [3.05, 3.63) is 0 Å². The van der Waals surface area contributed by atoms with Gasteiger partial charge in [0, 0.05) is 25.6 Å². The van der Waals surface area contributed by atoms with Crippen LogP contribution in [0, 0.1) is 5.92 Å². The lowest BCUT2D eigenvalue weighted by molar-refractivity contribution is -0.141. The van der Waals surface area contributed by atoms with E-state index in [-0.39, 0.29) is 17.3 Å². The van der Waals surface area contributed by atoms with Crippen molar-refractivity contribution in [2.75, 3.05) is 19.8 Å². The summed E-state index contributed by atoms with van der Waals surface area (Å²) in [6, 6.07) is 0. The molecule has 1 saturated carbocycles. The minimum Gasteiger partial charge on any atom is -0.378 e. The Labute approximate surface area is 108 Å². The fourth-order valence-corrected chi connectivity index (χ4v) is 3.77. The predicted molar refractivity (Wildman–Crippen MR) is 67.2 cm³/mol. The number of rotatable bonds is 2. The van der Waals surface area contributed by atoms with Crippen molar-refractivity contribution in [1.82, 2.24) is 0 Å². The Morgan fingerprint density at radius 2 is 1.94 bits per heavy atom. The van der Waals surface area contributed by atoms with Gasteiger partial charge in [0.2, 0.25) is 0 Å². The molecular formula is C14H23NO3. The van der Waals surface area contributed by atoms with Crippen LogP contribution in [0.2, 0.25) is 0 Å². The Balaban J connectivity index is 1.70. The minimum atomic E-state index is -0.539. The van der Waals surface area contributed by atoms with E-state index in [1.807, 2.05) is 0 Å². The number of hydrogen-bond donors (Lipinski definition) is 1. The van der Waals surface area contributed by atoms with Crippen LogP contribution < -0.4 is 5.73 Å². The Kier molecular flexibility index (Phi) is 3.20. The molecule has 3 aliphatic rings. The number of hydrogen-bond acceptors (Lipinski definition) is 4. The number of Topliss-reactive ketones (excluding diaryl/α,β-unsaturated/α-hetero) is 1. The first-order valence-electron chi connectivity index (χ1n) is 7.19. The van der Waals surface area contributed by atoms with Crippen LogP contribution in [0.15, 0.2) is 0 Å². The Morgan fingerprint density at radius 3 is 2.61 bits per heavy atom. The van der Waals surface area contributed by atoms with Gasteiger partial charge in [0.05, 0.1) is 17.7 Å². The van der Waals surface area contributed by atoms with Gasteiger partial charge in [-0.05, 0) is 25.7 Å². The lowest BCUT2D eigenvalue weighted by Gasteiger charge is -2.39. The zero-order chi connectivity index (χ0) is 12.6. The molecule has 4 heteroatoms. The van der Waals surface area contributed by atoms with Crippen LogP contribution >= 0.6 is 0 Å². The fraction of sp³-hybridized carbons (Fsp3) is 0.929. The maximum absolute atomic E-state index is 12.6. The second-order valence-electron chi connectivity index (χ2n) is 6.25. The number of nitrogens with two attached hydrogens (primary N) is 1. The largest absolute Gasteiger partial charge is 0.378 e. The molecule has 0 aromatic rings. The molecule has 0 radical (unpaired) electrons. The van der Waals surface area contributed by atoms with Crippen LogP contribution in [0.5, 0.6) is 0 Å². The zero-order valence-corrected chi connectivity index (χ0v) is 11.0. The highest BCUT2D eigenvalue weighted by Gasteiger charge is 2.47. The third kappa shape index (κ3) is 2.10. The standard InChI is InChI=1S/C14H23NO3/c15-14(4-1-2-5-14)12(16)11-3-7-18-13(9-11)6-8-17-10-13/h11H,1-10,15H2. The molecule has 4 nitrogen and oxygen atoms in total. The Bertz CT molecular complexity index is 330. The lowest BCUT2D eigenvalue weighted by Crippen LogP contribution is -2.52. The second kappa shape index (κ2) is 4.58. The fourth-order valence-electron chi connectivity index (χ4n) is 3.77. The molecule has 3 rings (SSSR count). The van der Waals surface area contributed by atoms with Gasteiger partial charge < -0.3 is 15.2 Å². The first-order valence-corrected chi connectivity index (χ1v) is 7.19. The third-order valence-electron chi connectivity index (χ3n) is 4.92. The average Bonchev–Trinajstić information content (AvgIpc) is 2.99. The van der Waals surface area contributed by atoms with Crippen molar-refractivity contribution in [2.45, 2.75) is 56.1 Å². The summed E-state index contributed by atoms with van der Waals surface area (Å²) < 4.78 is 11.3. The van der Waals surface area contributed by atoms with E-state index in [9.17, 15) is 4.79 Å². The van der Waals surface area contributed by atoms with Crippen LogP contribution in [0.3, 0.4) is 0 Å². The minimum absolute atomic E-state index is 0.0866. The van der Waals surface area contributed by atoms with Crippen molar-refractivity contribution in [3.63, 3.8) is 0 Å².